The fourth-order valence-electron chi connectivity index (χ4n) is 4.07. The molecule has 5 heteroatoms. The Bertz CT molecular complexity index is 1110. The zero-order valence-corrected chi connectivity index (χ0v) is 18.6. The molecule has 1 aliphatic rings. The van der Waals surface area contributed by atoms with Gasteiger partial charge in [0.15, 0.2) is 0 Å². The van der Waals surface area contributed by atoms with Gasteiger partial charge in [0.25, 0.3) is 11.8 Å². The molecule has 0 atom stereocenters. The van der Waals surface area contributed by atoms with Crippen LogP contribution in [0, 0.1) is 0 Å². The number of amides is 2. The molecule has 0 saturated heterocycles. The van der Waals surface area contributed by atoms with Crippen LogP contribution >= 0.6 is 0 Å². The minimum Gasteiger partial charge on any atom is -0.367 e. The Morgan fingerprint density at radius 2 is 1.66 bits per heavy atom. The van der Waals surface area contributed by atoms with E-state index in [2.05, 4.69) is 6.07 Å². The number of rotatable bonds is 6. The van der Waals surface area contributed by atoms with Gasteiger partial charge in [-0.3, -0.25) is 9.59 Å². The molecular weight excluding hydrogens is 400 g/mol. The Morgan fingerprint density at radius 3 is 2.41 bits per heavy atom. The van der Waals surface area contributed by atoms with E-state index in [-0.39, 0.29) is 18.4 Å². The van der Waals surface area contributed by atoms with E-state index < -0.39 is 0 Å². The second-order valence-corrected chi connectivity index (χ2v) is 7.86. The first kappa shape index (κ1) is 21.8. The van der Waals surface area contributed by atoms with Crippen molar-refractivity contribution in [2.24, 2.45) is 0 Å². The lowest BCUT2D eigenvalue weighted by molar-refractivity contribution is -0.123. The van der Waals surface area contributed by atoms with E-state index in [1.165, 1.54) is 0 Å². The highest BCUT2D eigenvalue weighted by Gasteiger charge is 2.23. The van der Waals surface area contributed by atoms with Gasteiger partial charge in [0.2, 0.25) is 0 Å². The van der Waals surface area contributed by atoms with Gasteiger partial charge in [0.1, 0.15) is 6.61 Å². The molecule has 0 unspecified atom stereocenters. The smallest absolute Gasteiger partial charge is 0.253 e. The molecule has 2 amide bonds. The summed E-state index contributed by atoms with van der Waals surface area (Å²) >= 11 is 0. The average molecular weight is 429 g/mol. The molecule has 3 aromatic carbocycles. The zero-order chi connectivity index (χ0) is 22.5. The van der Waals surface area contributed by atoms with Crippen molar-refractivity contribution in [1.29, 1.82) is 0 Å². The first-order valence-electron chi connectivity index (χ1n) is 11.1. The van der Waals surface area contributed by atoms with E-state index >= 15 is 0 Å². The molecule has 0 bridgehead atoms. The number of nitrogens with zero attached hydrogens (tertiary/aromatic N) is 2. The molecule has 1 aliphatic heterocycles. The Morgan fingerprint density at radius 1 is 0.906 bits per heavy atom. The van der Waals surface area contributed by atoms with Crippen LogP contribution < -0.4 is 4.90 Å². The van der Waals surface area contributed by atoms with Crippen molar-refractivity contribution >= 4 is 17.5 Å². The molecule has 1 heterocycles. The molecule has 0 N–H and O–H groups in total. The molecule has 164 valence electrons. The van der Waals surface area contributed by atoms with Crippen molar-refractivity contribution in [2.75, 3.05) is 24.6 Å². The van der Waals surface area contributed by atoms with Crippen LogP contribution in [0.4, 0.5) is 5.69 Å². The quantitative estimate of drug-likeness (QED) is 0.561. The van der Waals surface area contributed by atoms with Gasteiger partial charge in [-0.2, -0.15) is 0 Å². The SMILES string of the molecule is CCN(CC)C(=O)c1cccc(-c2ccc3c(c2)COCC(=O)N3Cc2ccccc2)c1. The highest BCUT2D eigenvalue weighted by molar-refractivity contribution is 5.97. The van der Waals surface area contributed by atoms with Gasteiger partial charge < -0.3 is 14.5 Å². The molecule has 0 aliphatic carbocycles. The van der Waals surface area contributed by atoms with Crippen molar-refractivity contribution in [3.63, 3.8) is 0 Å². The standard InChI is InChI=1S/C27H28N2O3/c1-3-28(4-2)27(31)23-12-8-11-21(15-23)22-13-14-25-24(16-22)18-32-19-26(30)29(25)17-20-9-6-5-7-10-20/h5-16H,3-4,17-19H2,1-2H3. The van der Waals surface area contributed by atoms with Gasteiger partial charge in [-0.15, -0.1) is 0 Å². The number of carbonyl (C=O) groups excluding carboxylic acids is 2. The van der Waals surface area contributed by atoms with Gasteiger partial charge in [-0.25, -0.2) is 0 Å². The van der Waals surface area contributed by atoms with Crippen LogP contribution in [-0.4, -0.2) is 36.4 Å². The molecule has 32 heavy (non-hydrogen) atoms. The van der Waals surface area contributed by atoms with Crippen molar-refractivity contribution in [2.45, 2.75) is 27.0 Å². The van der Waals surface area contributed by atoms with E-state index in [1.807, 2.05) is 85.5 Å². The molecule has 3 aromatic rings. The topological polar surface area (TPSA) is 49.9 Å². The third kappa shape index (κ3) is 4.58. The number of benzene rings is 3. The molecule has 0 aromatic heterocycles. The van der Waals surface area contributed by atoms with Gasteiger partial charge in [0, 0.05) is 29.9 Å². The lowest BCUT2D eigenvalue weighted by Crippen LogP contribution is -2.32. The Hall–Kier alpha value is -3.44. The lowest BCUT2D eigenvalue weighted by atomic mass is 9.99. The number of fused-ring (bicyclic) bond motifs is 1. The number of hydrogen-bond acceptors (Lipinski definition) is 3. The predicted molar refractivity (Wildman–Crippen MR) is 126 cm³/mol. The van der Waals surface area contributed by atoms with E-state index in [4.69, 9.17) is 4.74 Å². The van der Waals surface area contributed by atoms with Crippen LogP contribution in [0.1, 0.15) is 35.3 Å². The summed E-state index contributed by atoms with van der Waals surface area (Å²) in [6.45, 7) is 6.27. The fourth-order valence-corrected chi connectivity index (χ4v) is 4.07. The monoisotopic (exact) mass is 428 g/mol. The summed E-state index contributed by atoms with van der Waals surface area (Å²) in [5.41, 5.74) is 5.55. The van der Waals surface area contributed by atoms with Crippen LogP contribution in [0.5, 0.6) is 0 Å². The molecule has 0 fully saturated rings. The highest BCUT2D eigenvalue weighted by Crippen LogP contribution is 2.31. The summed E-state index contributed by atoms with van der Waals surface area (Å²) in [6, 6.07) is 23.7. The maximum Gasteiger partial charge on any atom is 0.253 e. The van der Waals surface area contributed by atoms with E-state index in [1.54, 1.807) is 4.90 Å². The predicted octanol–water partition coefficient (Wildman–Crippen LogP) is 4.90. The first-order chi connectivity index (χ1) is 15.6. The van der Waals surface area contributed by atoms with E-state index in [0.717, 1.165) is 27.9 Å². The minimum atomic E-state index is -0.0489. The minimum absolute atomic E-state index is 0.0366. The van der Waals surface area contributed by atoms with Crippen molar-refractivity contribution in [3.05, 3.63) is 89.5 Å². The Balaban J connectivity index is 1.66. The zero-order valence-electron chi connectivity index (χ0n) is 18.6. The maximum absolute atomic E-state index is 12.8. The second-order valence-electron chi connectivity index (χ2n) is 7.86. The third-order valence-electron chi connectivity index (χ3n) is 5.83. The van der Waals surface area contributed by atoms with Crippen LogP contribution in [0.15, 0.2) is 72.8 Å². The van der Waals surface area contributed by atoms with E-state index in [0.29, 0.717) is 31.8 Å². The number of ether oxygens (including phenoxy) is 1. The third-order valence-corrected chi connectivity index (χ3v) is 5.83. The summed E-state index contributed by atoms with van der Waals surface area (Å²) in [7, 11) is 0. The largest absolute Gasteiger partial charge is 0.367 e. The van der Waals surface area contributed by atoms with Crippen molar-refractivity contribution in [3.8, 4) is 11.1 Å². The van der Waals surface area contributed by atoms with Gasteiger partial charge in [0.05, 0.1) is 13.2 Å². The number of hydrogen-bond donors (Lipinski definition) is 0. The van der Waals surface area contributed by atoms with Crippen molar-refractivity contribution in [1.82, 2.24) is 4.90 Å². The van der Waals surface area contributed by atoms with Crippen molar-refractivity contribution < 1.29 is 14.3 Å². The van der Waals surface area contributed by atoms with Gasteiger partial charge >= 0.3 is 0 Å². The lowest BCUT2D eigenvalue weighted by Gasteiger charge is -2.23. The molecule has 5 nitrogen and oxygen atoms in total. The van der Waals surface area contributed by atoms with E-state index in [9.17, 15) is 9.59 Å². The molecule has 0 saturated carbocycles. The fraction of sp³-hybridized carbons (Fsp3) is 0.259. The molecule has 0 spiro atoms. The van der Waals surface area contributed by atoms with Crippen LogP contribution in [0.25, 0.3) is 11.1 Å². The normalized spacial score (nSPS) is 13.4. The number of carbonyl (C=O) groups is 2. The Labute approximate surface area is 189 Å². The average Bonchev–Trinajstić information content (AvgIpc) is 2.98. The summed E-state index contributed by atoms with van der Waals surface area (Å²) in [5.74, 6) is -0.0123. The van der Waals surface area contributed by atoms with Gasteiger partial charge in [-0.1, -0.05) is 48.5 Å². The van der Waals surface area contributed by atoms with Gasteiger partial charge in [-0.05, 0) is 54.8 Å². The first-order valence-corrected chi connectivity index (χ1v) is 11.1. The summed E-state index contributed by atoms with van der Waals surface area (Å²) in [4.78, 5) is 29.1. The second kappa shape index (κ2) is 9.79. The van der Waals surface area contributed by atoms with Crippen LogP contribution in [0.3, 0.4) is 0 Å². The van der Waals surface area contributed by atoms with Crippen LogP contribution in [0.2, 0.25) is 0 Å². The summed E-state index contributed by atoms with van der Waals surface area (Å²) in [6.07, 6.45) is 0. The maximum atomic E-state index is 12.8. The Kier molecular flexibility index (Phi) is 6.66. The molecule has 0 radical (unpaired) electrons. The highest BCUT2D eigenvalue weighted by atomic mass is 16.5. The number of anilines is 1. The molecule has 4 rings (SSSR count). The summed E-state index contributed by atoms with van der Waals surface area (Å²) in [5, 5.41) is 0. The molecular formula is C27H28N2O3. The summed E-state index contributed by atoms with van der Waals surface area (Å²) < 4.78 is 5.66. The van der Waals surface area contributed by atoms with Crippen LogP contribution in [-0.2, 0) is 22.7 Å².